The molecule has 9 heavy (non-hydrogen) atoms. The van der Waals surface area contributed by atoms with Gasteiger partial charge in [0.25, 0.3) is 0 Å². The molecule has 0 aromatic carbocycles. The minimum Gasteiger partial charge on any atom is -0.116 e. The normalized spacial score (nSPS) is 19.8. The molecule has 0 fully saturated rings. The van der Waals surface area contributed by atoms with Crippen LogP contribution in [0.3, 0.4) is 0 Å². The predicted octanol–water partition coefficient (Wildman–Crippen LogP) is -1.23. The van der Waals surface area contributed by atoms with Gasteiger partial charge >= 0.3 is 0 Å². The van der Waals surface area contributed by atoms with Crippen molar-refractivity contribution in [2.75, 3.05) is 0 Å². The lowest BCUT2D eigenvalue weighted by atomic mass is 9.70. The Morgan fingerprint density at radius 2 is 1.78 bits per heavy atom. The first-order valence-corrected chi connectivity index (χ1v) is 3.53. The van der Waals surface area contributed by atoms with Gasteiger partial charge in [-0.25, -0.2) is 0 Å². The summed E-state index contributed by atoms with van der Waals surface area (Å²) in [5.74, 6) is 0. The maximum Gasteiger partial charge on any atom is 0.138 e. The Balaban J connectivity index is 2.83. The van der Waals surface area contributed by atoms with Crippen LogP contribution in [0.1, 0.15) is 12.8 Å². The monoisotopic (exact) mass is 116 g/mol. The Labute approximate surface area is 59.6 Å². The van der Waals surface area contributed by atoms with Crippen molar-refractivity contribution in [3.8, 4) is 0 Å². The number of rotatable bonds is 0. The highest BCUT2D eigenvalue weighted by molar-refractivity contribution is 6.34. The molecule has 0 saturated heterocycles. The molecule has 0 bridgehead atoms. The zero-order valence-corrected chi connectivity index (χ0v) is 6.49. The number of hydrogen-bond acceptors (Lipinski definition) is 0. The van der Waals surface area contributed by atoms with Crippen LogP contribution in [0.5, 0.6) is 0 Å². The van der Waals surface area contributed by atoms with E-state index in [4.69, 9.17) is 0 Å². The fourth-order valence-electron chi connectivity index (χ4n) is 1.15. The van der Waals surface area contributed by atoms with Crippen LogP contribution in [0.15, 0.2) is 22.5 Å². The van der Waals surface area contributed by atoms with Crippen molar-refractivity contribution in [1.29, 1.82) is 0 Å². The fraction of sp³-hybridized carbons (Fsp3) is 0.333. The molecule has 0 aliphatic heterocycles. The molecular weight excluding hydrogens is 105 g/mol. The standard InChI is InChI=1S/C6H11B3/c7-4-1-2-5(8)6(9)3-4/h3H,1-2,7-9H2. The van der Waals surface area contributed by atoms with Gasteiger partial charge in [0.15, 0.2) is 0 Å². The average Bonchev–Trinajstić information content (AvgIpc) is 1.80. The van der Waals surface area contributed by atoms with Gasteiger partial charge in [-0.05, 0) is 12.8 Å². The van der Waals surface area contributed by atoms with Crippen LogP contribution in [-0.2, 0) is 0 Å². The number of allylic oxidation sites excluding steroid dienone is 4. The van der Waals surface area contributed by atoms with E-state index in [1.54, 1.807) is 5.47 Å². The van der Waals surface area contributed by atoms with E-state index in [2.05, 4.69) is 29.6 Å². The molecule has 1 aliphatic carbocycles. The summed E-state index contributed by atoms with van der Waals surface area (Å²) in [5, 5.41) is 0. The molecule has 0 N–H and O–H groups in total. The van der Waals surface area contributed by atoms with Crippen molar-refractivity contribution in [2.24, 2.45) is 0 Å². The van der Waals surface area contributed by atoms with Crippen molar-refractivity contribution < 1.29 is 0 Å². The molecule has 44 valence electrons. The second kappa shape index (κ2) is 2.51. The second-order valence-corrected chi connectivity index (χ2v) is 2.95. The van der Waals surface area contributed by atoms with Gasteiger partial charge in [0.2, 0.25) is 0 Å². The molecular formula is C6H11B3. The molecule has 0 spiro atoms. The predicted molar refractivity (Wildman–Crippen MR) is 50.0 cm³/mol. The van der Waals surface area contributed by atoms with E-state index in [1.807, 2.05) is 0 Å². The molecule has 3 heteroatoms. The molecule has 0 nitrogen and oxygen atoms in total. The van der Waals surface area contributed by atoms with Crippen LogP contribution in [0.4, 0.5) is 0 Å². The molecule has 0 saturated carbocycles. The van der Waals surface area contributed by atoms with Crippen molar-refractivity contribution in [2.45, 2.75) is 12.8 Å². The van der Waals surface area contributed by atoms with Crippen LogP contribution >= 0.6 is 0 Å². The molecule has 0 unspecified atom stereocenters. The van der Waals surface area contributed by atoms with Crippen LogP contribution < -0.4 is 0 Å². The van der Waals surface area contributed by atoms with Crippen LogP contribution in [0.2, 0.25) is 0 Å². The lowest BCUT2D eigenvalue weighted by Crippen LogP contribution is -1.98. The SMILES string of the molecule is BC1=CC(B)=C(B)CC1. The lowest BCUT2D eigenvalue weighted by Gasteiger charge is -2.12. The van der Waals surface area contributed by atoms with Gasteiger partial charge < -0.3 is 0 Å². The Morgan fingerprint density at radius 3 is 2.22 bits per heavy atom. The maximum absolute atomic E-state index is 2.29. The summed E-state index contributed by atoms with van der Waals surface area (Å²) in [6, 6.07) is 0. The first kappa shape index (κ1) is 6.79. The Kier molecular flexibility index (Phi) is 1.89. The highest BCUT2D eigenvalue weighted by Gasteiger charge is 2.01. The Hall–Kier alpha value is -0.325. The summed E-state index contributed by atoms with van der Waals surface area (Å²) in [4.78, 5) is 0. The number of hydrogen-bond donors (Lipinski definition) is 0. The third kappa shape index (κ3) is 1.54. The van der Waals surface area contributed by atoms with Crippen LogP contribution in [0.25, 0.3) is 0 Å². The van der Waals surface area contributed by atoms with Gasteiger partial charge in [-0.15, -0.1) is 10.9 Å². The summed E-state index contributed by atoms with van der Waals surface area (Å²) in [6.45, 7) is 0. The van der Waals surface area contributed by atoms with E-state index in [0.29, 0.717) is 0 Å². The highest BCUT2D eigenvalue weighted by Crippen LogP contribution is 2.17. The molecule has 0 atom stereocenters. The quantitative estimate of drug-likeness (QED) is 0.347. The van der Waals surface area contributed by atoms with E-state index in [0.717, 1.165) is 0 Å². The molecule has 0 amide bonds. The molecule has 1 aliphatic rings. The van der Waals surface area contributed by atoms with Crippen LogP contribution in [0, 0.1) is 0 Å². The van der Waals surface area contributed by atoms with Crippen molar-refractivity contribution in [1.82, 2.24) is 0 Å². The van der Waals surface area contributed by atoms with Crippen LogP contribution in [-0.4, -0.2) is 23.5 Å². The summed E-state index contributed by atoms with van der Waals surface area (Å²) in [7, 11) is 6.62. The van der Waals surface area contributed by atoms with Gasteiger partial charge in [-0.1, -0.05) is 11.5 Å². The lowest BCUT2D eigenvalue weighted by molar-refractivity contribution is 0.993. The average molecular weight is 116 g/mol. The van der Waals surface area contributed by atoms with Crippen molar-refractivity contribution in [3.05, 3.63) is 22.5 Å². The first-order valence-electron chi connectivity index (χ1n) is 3.53. The summed E-state index contributed by atoms with van der Waals surface area (Å²) in [5.41, 5.74) is 4.55. The molecule has 0 aromatic heterocycles. The molecule has 0 aromatic rings. The van der Waals surface area contributed by atoms with E-state index >= 15 is 0 Å². The zero-order chi connectivity index (χ0) is 6.85. The maximum atomic E-state index is 2.29. The second-order valence-electron chi connectivity index (χ2n) is 2.95. The minimum absolute atomic E-state index is 1.27. The third-order valence-electron chi connectivity index (χ3n) is 2.03. The van der Waals surface area contributed by atoms with E-state index < -0.39 is 0 Å². The Morgan fingerprint density at radius 1 is 1.11 bits per heavy atom. The van der Waals surface area contributed by atoms with Gasteiger partial charge in [0.05, 0.1) is 0 Å². The zero-order valence-electron chi connectivity index (χ0n) is 6.49. The first-order chi connectivity index (χ1) is 4.20. The smallest absolute Gasteiger partial charge is 0.116 e. The minimum atomic E-state index is 1.27. The molecule has 0 heterocycles. The van der Waals surface area contributed by atoms with E-state index in [9.17, 15) is 0 Å². The Bertz CT molecular complexity index is 179. The summed E-state index contributed by atoms with van der Waals surface area (Å²) >= 11 is 0. The molecule has 1 rings (SSSR count). The van der Waals surface area contributed by atoms with E-state index in [1.165, 1.54) is 23.8 Å². The third-order valence-corrected chi connectivity index (χ3v) is 2.03. The fourth-order valence-corrected chi connectivity index (χ4v) is 1.15. The van der Waals surface area contributed by atoms with Gasteiger partial charge in [0.1, 0.15) is 23.5 Å². The molecule has 0 radical (unpaired) electrons. The van der Waals surface area contributed by atoms with E-state index in [-0.39, 0.29) is 0 Å². The van der Waals surface area contributed by atoms with Gasteiger partial charge in [0, 0.05) is 0 Å². The topological polar surface area (TPSA) is 0 Å². The largest absolute Gasteiger partial charge is 0.138 e. The van der Waals surface area contributed by atoms with Crippen molar-refractivity contribution >= 4 is 23.5 Å². The van der Waals surface area contributed by atoms with Crippen molar-refractivity contribution in [3.63, 3.8) is 0 Å². The van der Waals surface area contributed by atoms with Gasteiger partial charge in [-0.3, -0.25) is 0 Å². The summed E-state index contributed by atoms with van der Waals surface area (Å²) < 4.78 is 0. The highest BCUT2D eigenvalue weighted by atomic mass is 14.0. The van der Waals surface area contributed by atoms with Gasteiger partial charge in [-0.2, -0.15) is 0 Å². The summed E-state index contributed by atoms with van der Waals surface area (Å²) in [6.07, 6.45) is 4.83.